The number of thioether (sulfide) groups is 1. The molecular formula is C16H18ClF3N4OS. The predicted molar refractivity (Wildman–Crippen MR) is 96.2 cm³/mol. The first-order valence-corrected chi connectivity index (χ1v) is 9.42. The summed E-state index contributed by atoms with van der Waals surface area (Å²) in [5.41, 5.74) is -2.50. The van der Waals surface area contributed by atoms with Crippen LogP contribution in [0.3, 0.4) is 0 Å². The summed E-state index contributed by atoms with van der Waals surface area (Å²) in [7, 11) is 0. The second kappa shape index (κ2) is 7.66. The number of benzene rings is 1. The largest absolute Gasteiger partial charge is 0.441 e. The Morgan fingerprint density at radius 1 is 1.46 bits per heavy atom. The van der Waals surface area contributed by atoms with E-state index in [-0.39, 0.29) is 24.1 Å². The van der Waals surface area contributed by atoms with Gasteiger partial charge in [0.15, 0.2) is 0 Å². The number of amides is 1. The van der Waals surface area contributed by atoms with E-state index in [9.17, 15) is 18.0 Å². The number of aromatic nitrogens is 2. The van der Waals surface area contributed by atoms with Gasteiger partial charge in [-0.2, -0.15) is 18.3 Å². The van der Waals surface area contributed by atoms with E-state index in [1.54, 1.807) is 19.1 Å². The van der Waals surface area contributed by atoms with Crippen molar-refractivity contribution in [1.29, 1.82) is 0 Å². The van der Waals surface area contributed by atoms with Gasteiger partial charge in [0, 0.05) is 66.8 Å². The second-order valence-electron chi connectivity index (χ2n) is 6.29. The molecule has 1 aromatic heterocycles. The van der Waals surface area contributed by atoms with Gasteiger partial charge in [0.2, 0.25) is 0 Å². The molecule has 0 aliphatic carbocycles. The minimum absolute atomic E-state index is 0.198. The van der Waals surface area contributed by atoms with Gasteiger partial charge in [-0.05, 0) is 36.4 Å². The quantitative estimate of drug-likeness (QED) is 0.747. The minimum Gasteiger partial charge on any atom is -0.316 e. The summed E-state index contributed by atoms with van der Waals surface area (Å²) in [6.07, 6.45) is 1.88. The molecule has 10 heteroatoms. The Bertz CT molecular complexity index is 807. The molecule has 0 saturated carbocycles. The van der Waals surface area contributed by atoms with Crippen molar-refractivity contribution in [2.45, 2.75) is 19.0 Å². The van der Waals surface area contributed by atoms with Gasteiger partial charge in [-0.1, -0.05) is 0 Å². The van der Waals surface area contributed by atoms with Gasteiger partial charge >= 0.3 is 5.51 Å². The van der Waals surface area contributed by atoms with Crippen molar-refractivity contribution in [3.05, 3.63) is 29.5 Å². The molecule has 26 heavy (non-hydrogen) atoms. The van der Waals surface area contributed by atoms with Crippen LogP contribution in [0.1, 0.15) is 15.9 Å². The van der Waals surface area contributed by atoms with Crippen LogP contribution < -0.4 is 5.32 Å². The fourth-order valence-electron chi connectivity index (χ4n) is 2.77. The molecule has 142 valence electrons. The van der Waals surface area contributed by atoms with Crippen molar-refractivity contribution in [2.75, 3.05) is 25.4 Å². The van der Waals surface area contributed by atoms with E-state index in [2.05, 4.69) is 10.4 Å². The highest BCUT2D eigenvalue weighted by molar-refractivity contribution is 8.00. The van der Waals surface area contributed by atoms with E-state index in [1.807, 2.05) is 10.9 Å². The Kier molecular flexibility index (Phi) is 5.69. The molecule has 3 rings (SSSR count). The highest BCUT2D eigenvalue weighted by atomic mass is 35.5. The molecule has 1 aromatic carbocycles. The lowest BCUT2D eigenvalue weighted by atomic mass is 10.0. The van der Waals surface area contributed by atoms with E-state index in [0.29, 0.717) is 17.0 Å². The summed E-state index contributed by atoms with van der Waals surface area (Å²) in [5.74, 6) is -0.270. The van der Waals surface area contributed by atoms with Crippen LogP contribution in [0.5, 0.6) is 0 Å². The molecule has 1 aliphatic heterocycles. The number of fused-ring (bicyclic) bond motifs is 1. The number of rotatable bonds is 6. The summed E-state index contributed by atoms with van der Waals surface area (Å²) in [5, 5.41) is 8.54. The number of nitrogens with zero attached hydrogens (tertiary/aromatic N) is 3. The van der Waals surface area contributed by atoms with Crippen LogP contribution in [-0.4, -0.2) is 51.0 Å². The van der Waals surface area contributed by atoms with Crippen LogP contribution in [0.15, 0.2) is 18.3 Å². The molecule has 1 fully saturated rings. The Morgan fingerprint density at radius 2 is 2.19 bits per heavy atom. The van der Waals surface area contributed by atoms with Crippen molar-refractivity contribution in [1.82, 2.24) is 19.5 Å². The summed E-state index contributed by atoms with van der Waals surface area (Å²) in [6, 6.07) is 3.50. The Labute approximate surface area is 158 Å². The number of halogens is 4. The van der Waals surface area contributed by atoms with Crippen molar-refractivity contribution in [2.24, 2.45) is 5.92 Å². The van der Waals surface area contributed by atoms with Crippen molar-refractivity contribution in [3.8, 4) is 0 Å². The summed E-state index contributed by atoms with van der Waals surface area (Å²) >= 11 is 5.69. The number of carbonyl (C=O) groups is 1. The van der Waals surface area contributed by atoms with Crippen LogP contribution in [0.25, 0.3) is 10.9 Å². The number of aryl methyl sites for hydroxylation is 1. The van der Waals surface area contributed by atoms with Crippen molar-refractivity contribution in [3.63, 3.8) is 0 Å². The molecule has 0 atom stereocenters. The lowest BCUT2D eigenvalue weighted by Gasteiger charge is -2.26. The van der Waals surface area contributed by atoms with Gasteiger partial charge in [-0.3, -0.25) is 9.48 Å². The topological polar surface area (TPSA) is 50.2 Å². The third-order valence-electron chi connectivity index (χ3n) is 4.21. The number of hydrogen-bond donors (Lipinski definition) is 1. The maximum atomic E-state index is 12.5. The van der Waals surface area contributed by atoms with E-state index in [0.717, 1.165) is 35.0 Å². The average Bonchev–Trinajstić information content (AvgIpc) is 2.89. The van der Waals surface area contributed by atoms with E-state index in [4.69, 9.17) is 11.8 Å². The monoisotopic (exact) mass is 406 g/mol. The van der Waals surface area contributed by atoms with Gasteiger partial charge in [0.1, 0.15) is 0 Å². The highest BCUT2D eigenvalue weighted by Crippen LogP contribution is 2.30. The van der Waals surface area contributed by atoms with Crippen molar-refractivity contribution < 1.29 is 18.0 Å². The summed E-state index contributed by atoms with van der Waals surface area (Å²) in [4.78, 5) is 12.5. The maximum Gasteiger partial charge on any atom is 0.441 e. The third kappa shape index (κ3) is 4.63. The number of nitrogens with one attached hydrogen (secondary N) is 1. The van der Waals surface area contributed by atoms with E-state index >= 15 is 0 Å². The normalized spacial score (nSPS) is 15.3. The first-order chi connectivity index (χ1) is 12.2. The zero-order chi connectivity index (χ0) is 18.9. The number of carbonyl (C=O) groups excluding carboxylic acids is 1. The lowest BCUT2D eigenvalue weighted by Crippen LogP contribution is -2.44. The fraction of sp³-hybridized carbons (Fsp3) is 0.500. The smallest absolute Gasteiger partial charge is 0.316 e. The fourth-order valence-corrected chi connectivity index (χ4v) is 3.55. The molecule has 1 aliphatic rings. The third-order valence-corrected chi connectivity index (χ3v) is 5.25. The lowest BCUT2D eigenvalue weighted by molar-refractivity contribution is -0.0328. The van der Waals surface area contributed by atoms with Gasteiger partial charge in [-0.15, -0.1) is 0 Å². The first kappa shape index (κ1) is 19.3. The predicted octanol–water partition coefficient (Wildman–Crippen LogP) is 3.41. The van der Waals surface area contributed by atoms with Crippen LogP contribution in [-0.2, 0) is 6.54 Å². The molecular weight excluding hydrogens is 389 g/mol. The van der Waals surface area contributed by atoms with Crippen molar-refractivity contribution >= 4 is 40.3 Å². The molecule has 2 aromatic rings. The van der Waals surface area contributed by atoms with Gasteiger partial charge in [-0.25, -0.2) is 4.42 Å². The molecule has 2 heterocycles. The Morgan fingerprint density at radius 3 is 2.81 bits per heavy atom. The van der Waals surface area contributed by atoms with E-state index in [1.165, 1.54) is 0 Å². The van der Waals surface area contributed by atoms with Crippen LogP contribution in [0.4, 0.5) is 13.2 Å². The molecule has 1 saturated heterocycles. The van der Waals surface area contributed by atoms with Crippen LogP contribution >= 0.6 is 23.5 Å². The van der Waals surface area contributed by atoms with Gasteiger partial charge in [0.25, 0.3) is 5.91 Å². The summed E-state index contributed by atoms with van der Waals surface area (Å²) < 4.78 is 39.2. The number of hydrogen-bond acceptors (Lipinski definition) is 4. The Balaban J connectivity index is 1.71. The minimum atomic E-state index is -4.33. The molecule has 0 unspecified atom stereocenters. The first-order valence-electron chi connectivity index (χ1n) is 8.10. The van der Waals surface area contributed by atoms with E-state index < -0.39 is 11.4 Å². The Hall–Kier alpha value is -1.45. The number of alkyl halides is 3. The molecule has 0 radical (unpaired) electrons. The molecule has 5 nitrogen and oxygen atoms in total. The summed E-state index contributed by atoms with van der Waals surface area (Å²) in [6.45, 7) is 4.30. The molecule has 0 spiro atoms. The second-order valence-corrected chi connectivity index (χ2v) is 7.85. The van der Waals surface area contributed by atoms with Gasteiger partial charge in [0.05, 0.1) is 5.52 Å². The zero-order valence-corrected chi connectivity index (χ0v) is 15.6. The molecule has 1 amide bonds. The highest BCUT2D eigenvalue weighted by Gasteiger charge is 2.28. The zero-order valence-electron chi connectivity index (χ0n) is 14.0. The molecule has 1 N–H and O–H groups in total. The average molecular weight is 407 g/mol. The molecule has 0 bridgehead atoms. The van der Waals surface area contributed by atoms with Crippen LogP contribution in [0, 0.1) is 12.8 Å². The van der Waals surface area contributed by atoms with Crippen LogP contribution in [0.2, 0.25) is 0 Å². The SMILES string of the molecule is Cc1cc2nn(CC3CNC3)cc2cc1C(=O)N(Cl)CCSC(F)(F)F. The standard InChI is InChI=1S/C16H18ClF3N4OS/c1-10-4-14-12(9-23(22-14)8-11-6-21-7-11)5-13(10)15(25)24(17)2-3-26-16(18,19)20/h4-5,9,11,21H,2-3,6-8H2,1H3. The van der Waals surface area contributed by atoms with Gasteiger partial charge < -0.3 is 5.32 Å². The maximum absolute atomic E-state index is 12.5.